The topological polar surface area (TPSA) is 71.3 Å². The number of fused-ring (bicyclic) bond motifs is 1. The fourth-order valence-corrected chi connectivity index (χ4v) is 3.44. The highest BCUT2D eigenvalue weighted by atomic mass is 32.1. The number of para-hydroxylation sites is 1. The zero-order valence-electron chi connectivity index (χ0n) is 12.8. The Kier molecular flexibility index (Phi) is 3.92. The summed E-state index contributed by atoms with van der Waals surface area (Å²) >= 11 is 1.11. The fourth-order valence-electron chi connectivity index (χ4n) is 2.55. The van der Waals surface area contributed by atoms with Gasteiger partial charge in [-0.15, -0.1) is 0 Å². The molecular formula is C17H16N2O3S. The van der Waals surface area contributed by atoms with Crippen molar-refractivity contribution in [2.45, 2.75) is 20.4 Å². The van der Waals surface area contributed by atoms with Crippen LogP contribution in [0.15, 0.2) is 41.2 Å². The molecule has 0 saturated heterocycles. The molecule has 1 heterocycles. The second kappa shape index (κ2) is 5.89. The Bertz CT molecular complexity index is 956. The lowest BCUT2D eigenvalue weighted by Crippen LogP contribution is -2.24. The first-order chi connectivity index (χ1) is 11.0. The lowest BCUT2D eigenvalue weighted by Gasteiger charge is -2.11. The molecule has 0 fully saturated rings. The first kappa shape index (κ1) is 15.3. The fraction of sp³-hybridized carbons (Fsp3) is 0.176. The van der Waals surface area contributed by atoms with Gasteiger partial charge < -0.3 is 10.4 Å². The van der Waals surface area contributed by atoms with Gasteiger partial charge in [0.2, 0.25) is 5.91 Å². The summed E-state index contributed by atoms with van der Waals surface area (Å²) in [5.74, 6) is -0.303. The average Bonchev–Trinajstić information content (AvgIpc) is 2.80. The summed E-state index contributed by atoms with van der Waals surface area (Å²) in [6.07, 6.45) is 0. The standard InChI is InChI=1S/C17H16N2O3S/c1-10-7-11(2)16(21)12(8-10)18-15(20)9-19-13-5-3-4-6-14(13)23-17(19)22/h3-8,21H,9H2,1-2H3,(H,18,20). The Morgan fingerprint density at radius 2 is 2.00 bits per heavy atom. The predicted octanol–water partition coefficient (Wildman–Crippen LogP) is 3.02. The molecular weight excluding hydrogens is 312 g/mol. The number of hydrogen-bond acceptors (Lipinski definition) is 4. The van der Waals surface area contributed by atoms with Gasteiger partial charge in [0.15, 0.2) is 0 Å². The van der Waals surface area contributed by atoms with E-state index in [0.717, 1.165) is 27.1 Å². The molecule has 0 saturated carbocycles. The van der Waals surface area contributed by atoms with Crippen LogP contribution in [0.25, 0.3) is 10.2 Å². The van der Waals surface area contributed by atoms with Crippen molar-refractivity contribution in [2.24, 2.45) is 0 Å². The molecule has 118 valence electrons. The maximum Gasteiger partial charge on any atom is 0.308 e. The summed E-state index contributed by atoms with van der Waals surface area (Å²) in [5.41, 5.74) is 2.73. The minimum atomic E-state index is -0.351. The van der Waals surface area contributed by atoms with Crippen LogP contribution in [-0.4, -0.2) is 15.6 Å². The molecule has 23 heavy (non-hydrogen) atoms. The Hall–Kier alpha value is -2.60. The largest absolute Gasteiger partial charge is 0.505 e. The van der Waals surface area contributed by atoms with E-state index in [2.05, 4.69) is 5.32 Å². The second-order valence-corrected chi connectivity index (χ2v) is 6.44. The molecule has 1 aromatic heterocycles. The number of aromatic hydroxyl groups is 1. The van der Waals surface area contributed by atoms with E-state index in [9.17, 15) is 14.7 Å². The minimum Gasteiger partial charge on any atom is -0.505 e. The molecule has 3 rings (SSSR count). The van der Waals surface area contributed by atoms with Crippen LogP contribution in [0.1, 0.15) is 11.1 Å². The molecule has 1 amide bonds. The molecule has 5 nitrogen and oxygen atoms in total. The Morgan fingerprint density at radius 1 is 1.26 bits per heavy atom. The van der Waals surface area contributed by atoms with E-state index < -0.39 is 0 Å². The molecule has 2 aromatic carbocycles. The number of aromatic nitrogens is 1. The van der Waals surface area contributed by atoms with Crippen molar-refractivity contribution in [1.82, 2.24) is 4.57 Å². The molecule has 0 aliphatic carbocycles. The number of phenolic OH excluding ortho intramolecular Hbond substituents is 1. The summed E-state index contributed by atoms with van der Waals surface area (Å²) in [6.45, 7) is 3.57. The highest BCUT2D eigenvalue weighted by Gasteiger charge is 2.13. The third-order valence-corrected chi connectivity index (χ3v) is 4.55. The first-order valence-electron chi connectivity index (χ1n) is 7.14. The van der Waals surface area contributed by atoms with Crippen molar-refractivity contribution in [3.63, 3.8) is 0 Å². The zero-order valence-corrected chi connectivity index (χ0v) is 13.6. The van der Waals surface area contributed by atoms with Gasteiger partial charge in [0.1, 0.15) is 12.3 Å². The first-order valence-corrected chi connectivity index (χ1v) is 7.96. The highest BCUT2D eigenvalue weighted by molar-refractivity contribution is 7.16. The zero-order chi connectivity index (χ0) is 16.6. The number of rotatable bonds is 3. The third kappa shape index (κ3) is 2.98. The monoisotopic (exact) mass is 328 g/mol. The third-order valence-electron chi connectivity index (χ3n) is 3.59. The van der Waals surface area contributed by atoms with E-state index in [1.807, 2.05) is 37.3 Å². The number of anilines is 1. The van der Waals surface area contributed by atoms with Crippen molar-refractivity contribution in [2.75, 3.05) is 5.32 Å². The van der Waals surface area contributed by atoms with Crippen LogP contribution in [-0.2, 0) is 11.3 Å². The van der Waals surface area contributed by atoms with Crippen molar-refractivity contribution >= 4 is 33.1 Å². The van der Waals surface area contributed by atoms with E-state index in [-0.39, 0.29) is 23.1 Å². The van der Waals surface area contributed by atoms with Crippen LogP contribution in [0.4, 0.5) is 5.69 Å². The average molecular weight is 328 g/mol. The number of benzene rings is 2. The van der Waals surface area contributed by atoms with Crippen LogP contribution in [0, 0.1) is 13.8 Å². The molecule has 3 aromatic rings. The van der Waals surface area contributed by atoms with Crippen molar-refractivity contribution in [1.29, 1.82) is 0 Å². The van der Waals surface area contributed by atoms with Gasteiger partial charge in [-0.1, -0.05) is 29.5 Å². The SMILES string of the molecule is Cc1cc(C)c(O)c(NC(=O)Cn2c(=O)sc3ccccc32)c1. The van der Waals surface area contributed by atoms with Crippen LogP contribution < -0.4 is 10.2 Å². The summed E-state index contributed by atoms with van der Waals surface area (Å²) < 4.78 is 2.29. The normalized spacial score (nSPS) is 10.9. The van der Waals surface area contributed by atoms with Gasteiger partial charge in [0.25, 0.3) is 0 Å². The highest BCUT2D eigenvalue weighted by Crippen LogP contribution is 2.28. The maximum atomic E-state index is 12.3. The Labute approximate surface area is 136 Å². The van der Waals surface area contributed by atoms with E-state index in [0.29, 0.717) is 11.3 Å². The van der Waals surface area contributed by atoms with E-state index in [4.69, 9.17) is 0 Å². The van der Waals surface area contributed by atoms with E-state index >= 15 is 0 Å². The molecule has 0 aliphatic rings. The number of hydrogen-bond donors (Lipinski definition) is 2. The maximum absolute atomic E-state index is 12.3. The number of carbonyl (C=O) groups is 1. The Balaban J connectivity index is 1.88. The number of amides is 1. The molecule has 2 N–H and O–H groups in total. The summed E-state index contributed by atoms with van der Waals surface area (Å²) in [6, 6.07) is 10.9. The Morgan fingerprint density at radius 3 is 2.78 bits per heavy atom. The molecule has 0 unspecified atom stereocenters. The molecule has 0 spiro atoms. The molecule has 6 heteroatoms. The van der Waals surface area contributed by atoms with Crippen LogP contribution in [0.3, 0.4) is 0 Å². The van der Waals surface area contributed by atoms with E-state index in [1.165, 1.54) is 4.57 Å². The molecule has 0 bridgehead atoms. The summed E-state index contributed by atoms with van der Waals surface area (Å²) in [7, 11) is 0. The number of phenols is 1. The van der Waals surface area contributed by atoms with Gasteiger partial charge in [0.05, 0.1) is 15.9 Å². The van der Waals surface area contributed by atoms with Gasteiger partial charge in [-0.2, -0.15) is 0 Å². The summed E-state index contributed by atoms with van der Waals surface area (Å²) in [4.78, 5) is 24.2. The molecule has 0 aliphatic heterocycles. The van der Waals surface area contributed by atoms with Crippen LogP contribution >= 0.6 is 11.3 Å². The lowest BCUT2D eigenvalue weighted by molar-refractivity contribution is -0.116. The van der Waals surface area contributed by atoms with E-state index in [1.54, 1.807) is 13.0 Å². The number of aryl methyl sites for hydroxylation is 2. The number of thiazole rings is 1. The van der Waals surface area contributed by atoms with Crippen molar-refractivity contribution in [3.8, 4) is 5.75 Å². The quantitative estimate of drug-likeness (QED) is 0.726. The number of nitrogens with one attached hydrogen (secondary N) is 1. The van der Waals surface area contributed by atoms with Crippen LogP contribution in [0.5, 0.6) is 5.75 Å². The van der Waals surface area contributed by atoms with Crippen molar-refractivity contribution in [3.05, 3.63) is 57.2 Å². The molecule has 0 radical (unpaired) electrons. The predicted molar refractivity (Wildman–Crippen MR) is 92.3 cm³/mol. The van der Waals surface area contributed by atoms with Gasteiger partial charge >= 0.3 is 4.87 Å². The number of nitrogens with zero attached hydrogens (tertiary/aromatic N) is 1. The minimum absolute atomic E-state index is 0.0477. The second-order valence-electron chi connectivity index (χ2n) is 5.45. The molecule has 0 atom stereocenters. The van der Waals surface area contributed by atoms with Gasteiger partial charge in [-0.05, 0) is 43.2 Å². The summed E-state index contributed by atoms with van der Waals surface area (Å²) in [5, 5.41) is 12.7. The van der Waals surface area contributed by atoms with Gasteiger partial charge in [0, 0.05) is 0 Å². The van der Waals surface area contributed by atoms with Gasteiger partial charge in [-0.25, -0.2) is 0 Å². The smallest absolute Gasteiger partial charge is 0.308 e. The van der Waals surface area contributed by atoms with Crippen LogP contribution in [0.2, 0.25) is 0 Å². The lowest BCUT2D eigenvalue weighted by atomic mass is 10.1. The van der Waals surface area contributed by atoms with Gasteiger partial charge in [-0.3, -0.25) is 14.2 Å². The van der Waals surface area contributed by atoms with Crippen molar-refractivity contribution < 1.29 is 9.90 Å². The number of carbonyl (C=O) groups excluding carboxylic acids is 1.